The number of nitrogens with one attached hydrogen (secondary N) is 1. The third-order valence-electron chi connectivity index (χ3n) is 13.3. The smallest absolute Gasteiger partial charge is 0.249 e. The number of rotatable bonds is 52. The van der Waals surface area contributed by atoms with Crippen molar-refractivity contribution in [3.8, 4) is 0 Å². The zero-order valence-electron chi connectivity index (χ0n) is 42.0. The molecule has 5 heteroatoms. The minimum atomic E-state index is -1.08. The highest BCUT2D eigenvalue weighted by atomic mass is 16.3. The summed E-state index contributed by atoms with van der Waals surface area (Å²) in [4.78, 5) is 12.6. The third-order valence-corrected chi connectivity index (χ3v) is 13.3. The largest absolute Gasteiger partial charge is 0.394 e. The fraction of sp³-hybridized carbons (Fsp3) is 0.912. The molecular formula is C57H111NO4. The molecule has 0 aromatic heterocycles. The van der Waals surface area contributed by atoms with E-state index in [1.54, 1.807) is 0 Å². The first-order chi connectivity index (χ1) is 30.6. The molecule has 0 fully saturated rings. The maximum Gasteiger partial charge on any atom is 0.249 e. The van der Waals surface area contributed by atoms with Crippen LogP contribution in [0.25, 0.3) is 0 Å². The van der Waals surface area contributed by atoms with Gasteiger partial charge in [-0.1, -0.05) is 289 Å². The van der Waals surface area contributed by atoms with Crippen molar-refractivity contribution in [2.45, 2.75) is 327 Å². The van der Waals surface area contributed by atoms with E-state index in [2.05, 4.69) is 43.5 Å². The van der Waals surface area contributed by atoms with Gasteiger partial charge in [-0.15, -0.1) is 0 Å². The van der Waals surface area contributed by atoms with Crippen molar-refractivity contribution < 1.29 is 20.1 Å². The number of unbranched alkanes of at least 4 members (excludes halogenated alkanes) is 40. The number of carbonyl (C=O) groups excluding carboxylic acids is 1. The second-order valence-corrected chi connectivity index (χ2v) is 19.5. The van der Waals surface area contributed by atoms with E-state index in [9.17, 15) is 20.1 Å². The van der Waals surface area contributed by atoms with Gasteiger partial charge >= 0.3 is 0 Å². The Bertz CT molecular complexity index is 920. The van der Waals surface area contributed by atoms with E-state index in [1.165, 1.54) is 244 Å². The van der Waals surface area contributed by atoms with E-state index < -0.39 is 24.2 Å². The van der Waals surface area contributed by atoms with E-state index in [1.807, 2.05) is 0 Å². The molecule has 0 aromatic carbocycles. The molecule has 0 saturated carbocycles. The Morgan fingerprint density at radius 1 is 0.387 bits per heavy atom. The number of hydrogen-bond donors (Lipinski definition) is 4. The number of carbonyl (C=O) groups is 1. The molecule has 0 aliphatic carbocycles. The Kier molecular flexibility index (Phi) is 51.5. The fourth-order valence-electron chi connectivity index (χ4n) is 8.93. The van der Waals surface area contributed by atoms with Crippen molar-refractivity contribution in [2.75, 3.05) is 6.61 Å². The standard InChI is InChI=1S/C57H111NO4/c1-3-5-7-9-11-13-15-17-19-21-23-25-26-27-28-29-30-31-32-34-36-38-40-42-44-46-48-50-52-56(61)57(62)58-54(53-59)55(60)51-49-47-45-43-41-39-37-35-33-24-22-20-18-16-14-12-10-8-6-4-2/h23,25,27-28,54-56,59-61H,3-22,24,26,29-53H2,1-2H3,(H,58,62)/b25-23-,28-27-. The zero-order chi connectivity index (χ0) is 45.1. The highest BCUT2D eigenvalue weighted by Gasteiger charge is 2.23. The lowest BCUT2D eigenvalue weighted by Crippen LogP contribution is -2.49. The van der Waals surface area contributed by atoms with Crippen LogP contribution in [0.15, 0.2) is 24.3 Å². The minimum Gasteiger partial charge on any atom is -0.394 e. The molecule has 1 amide bonds. The zero-order valence-corrected chi connectivity index (χ0v) is 42.0. The van der Waals surface area contributed by atoms with Crippen LogP contribution in [0.5, 0.6) is 0 Å². The lowest BCUT2D eigenvalue weighted by Gasteiger charge is -2.23. The third kappa shape index (κ3) is 46.8. The molecule has 4 N–H and O–H groups in total. The summed E-state index contributed by atoms with van der Waals surface area (Å²) in [5, 5.41) is 33.6. The summed E-state index contributed by atoms with van der Waals surface area (Å²) in [6.07, 6.45) is 66.5. The maximum atomic E-state index is 12.6. The molecule has 0 aromatic rings. The van der Waals surface area contributed by atoms with Crippen LogP contribution in [0, 0.1) is 0 Å². The molecule has 5 nitrogen and oxygen atoms in total. The highest BCUT2D eigenvalue weighted by molar-refractivity contribution is 5.80. The van der Waals surface area contributed by atoms with Crippen molar-refractivity contribution in [3.05, 3.63) is 24.3 Å². The number of aliphatic hydroxyl groups is 3. The van der Waals surface area contributed by atoms with Crippen molar-refractivity contribution in [1.29, 1.82) is 0 Å². The molecule has 3 atom stereocenters. The monoisotopic (exact) mass is 874 g/mol. The van der Waals surface area contributed by atoms with Gasteiger partial charge in [-0.3, -0.25) is 4.79 Å². The molecule has 368 valence electrons. The van der Waals surface area contributed by atoms with E-state index in [4.69, 9.17) is 0 Å². The molecule has 0 radical (unpaired) electrons. The number of allylic oxidation sites excluding steroid dienone is 4. The maximum absolute atomic E-state index is 12.6. The Morgan fingerprint density at radius 3 is 0.968 bits per heavy atom. The van der Waals surface area contributed by atoms with Crippen molar-refractivity contribution in [3.63, 3.8) is 0 Å². The molecule has 0 aliphatic heterocycles. The van der Waals surface area contributed by atoms with E-state index >= 15 is 0 Å². The summed E-state index contributed by atoms with van der Waals surface area (Å²) < 4.78 is 0. The first-order valence-electron chi connectivity index (χ1n) is 28.1. The summed E-state index contributed by atoms with van der Waals surface area (Å²) >= 11 is 0. The van der Waals surface area contributed by atoms with Crippen molar-refractivity contribution in [2.24, 2.45) is 0 Å². The van der Waals surface area contributed by atoms with Gasteiger partial charge in [-0.05, 0) is 44.9 Å². The van der Waals surface area contributed by atoms with Gasteiger partial charge in [0.05, 0.1) is 18.8 Å². The number of aliphatic hydroxyl groups excluding tert-OH is 3. The summed E-state index contributed by atoms with van der Waals surface area (Å²) in [5.41, 5.74) is 0. The Morgan fingerprint density at radius 2 is 0.661 bits per heavy atom. The highest BCUT2D eigenvalue weighted by Crippen LogP contribution is 2.18. The second kappa shape index (κ2) is 52.5. The van der Waals surface area contributed by atoms with Gasteiger partial charge in [-0.25, -0.2) is 0 Å². The first kappa shape index (κ1) is 60.8. The minimum absolute atomic E-state index is 0.311. The van der Waals surface area contributed by atoms with Gasteiger partial charge in [-0.2, -0.15) is 0 Å². The molecule has 0 heterocycles. The van der Waals surface area contributed by atoms with Crippen molar-refractivity contribution >= 4 is 5.91 Å². The summed E-state index contributed by atoms with van der Waals surface area (Å²) in [7, 11) is 0. The normalized spacial score (nSPS) is 13.4. The van der Waals surface area contributed by atoms with Gasteiger partial charge < -0.3 is 20.6 Å². The Balaban J connectivity index is 3.53. The Hall–Kier alpha value is -1.17. The number of hydrogen-bond acceptors (Lipinski definition) is 4. The predicted molar refractivity (Wildman–Crippen MR) is 273 cm³/mol. The number of amides is 1. The molecule has 0 spiro atoms. The van der Waals surface area contributed by atoms with Crippen LogP contribution in [0.2, 0.25) is 0 Å². The van der Waals surface area contributed by atoms with Crippen LogP contribution in [-0.4, -0.2) is 46.1 Å². The average Bonchev–Trinajstić information content (AvgIpc) is 3.28. The van der Waals surface area contributed by atoms with Gasteiger partial charge in [0.25, 0.3) is 0 Å². The molecule has 62 heavy (non-hydrogen) atoms. The van der Waals surface area contributed by atoms with Crippen LogP contribution in [-0.2, 0) is 4.79 Å². The molecule has 3 unspecified atom stereocenters. The van der Waals surface area contributed by atoms with E-state index in [-0.39, 0.29) is 6.61 Å². The van der Waals surface area contributed by atoms with Crippen LogP contribution in [0.1, 0.15) is 309 Å². The van der Waals surface area contributed by atoms with Gasteiger partial charge in [0.2, 0.25) is 5.91 Å². The average molecular weight is 875 g/mol. The van der Waals surface area contributed by atoms with Crippen molar-refractivity contribution in [1.82, 2.24) is 5.32 Å². The van der Waals surface area contributed by atoms with Gasteiger partial charge in [0, 0.05) is 0 Å². The van der Waals surface area contributed by atoms with E-state index in [0.717, 1.165) is 38.5 Å². The lowest BCUT2D eigenvalue weighted by atomic mass is 10.0. The fourth-order valence-corrected chi connectivity index (χ4v) is 8.93. The summed E-state index contributed by atoms with van der Waals surface area (Å²) in [5.74, 6) is -0.467. The van der Waals surface area contributed by atoms with Crippen LogP contribution >= 0.6 is 0 Å². The quantitative estimate of drug-likeness (QED) is 0.0362. The second-order valence-electron chi connectivity index (χ2n) is 19.5. The lowest BCUT2D eigenvalue weighted by molar-refractivity contribution is -0.131. The van der Waals surface area contributed by atoms with Crippen LogP contribution in [0.3, 0.4) is 0 Å². The molecular weight excluding hydrogens is 763 g/mol. The summed E-state index contributed by atoms with van der Waals surface area (Å²) in [6.45, 7) is 4.26. The molecule has 0 aliphatic rings. The molecule has 0 saturated heterocycles. The van der Waals surface area contributed by atoms with Crippen LogP contribution < -0.4 is 5.32 Å². The SMILES string of the molecule is CCCCCCCCCCC/C=C\C/C=C\CCCCCCCCCCCCCCC(O)C(=O)NC(CO)C(O)CCCCCCCCCCCCCCCCCCCCCC. The van der Waals surface area contributed by atoms with Gasteiger partial charge in [0.1, 0.15) is 6.10 Å². The molecule has 0 bridgehead atoms. The predicted octanol–water partition coefficient (Wildman–Crippen LogP) is 17.3. The summed E-state index contributed by atoms with van der Waals surface area (Å²) in [6, 6.07) is -0.712. The molecule has 0 rings (SSSR count). The van der Waals surface area contributed by atoms with Crippen LogP contribution in [0.4, 0.5) is 0 Å². The first-order valence-corrected chi connectivity index (χ1v) is 28.1. The Labute approximate surface area is 388 Å². The topological polar surface area (TPSA) is 89.8 Å². The van der Waals surface area contributed by atoms with Gasteiger partial charge in [0.15, 0.2) is 0 Å². The van der Waals surface area contributed by atoms with E-state index in [0.29, 0.717) is 12.8 Å².